The van der Waals surface area contributed by atoms with Crippen LogP contribution < -0.4 is 5.32 Å². The number of alkyl halides is 6. The van der Waals surface area contributed by atoms with E-state index >= 15 is 0 Å². The molecule has 5 rings (SSSR count). The highest BCUT2D eigenvalue weighted by Crippen LogP contribution is 2.43. The monoisotopic (exact) mass is 634 g/mol. The minimum absolute atomic E-state index is 0.0761. The molecule has 2 fully saturated rings. The maximum absolute atomic E-state index is 13.9. The Kier molecular flexibility index (Phi) is 9.10. The zero-order valence-electron chi connectivity index (χ0n) is 25.2. The van der Waals surface area contributed by atoms with E-state index in [-0.39, 0.29) is 23.5 Å². The summed E-state index contributed by atoms with van der Waals surface area (Å²) in [6.45, 7) is 4.49. The number of benzene rings is 3. The minimum atomic E-state index is -5.01. The first kappa shape index (κ1) is 33.0. The molecule has 1 heterocycles. The molecule has 0 unspecified atom stereocenters. The Bertz CT molecular complexity index is 1430. The van der Waals surface area contributed by atoms with Gasteiger partial charge in [-0.2, -0.15) is 26.3 Å². The van der Waals surface area contributed by atoms with Crippen molar-refractivity contribution < 1.29 is 35.5 Å². The maximum Gasteiger partial charge on any atom is 0.416 e. The van der Waals surface area contributed by atoms with Crippen LogP contribution in [0.2, 0.25) is 0 Å². The van der Waals surface area contributed by atoms with Crippen LogP contribution in [0, 0.1) is 5.82 Å². The van der Waals surface area contributed by atoms with Crippen LogP contribution in [-0.2, 0) is 28.1 Å². The fraction of sp³-hybridized carbons (Fsp3) is 0.457. The van der Waals surface area contributed by atoms with Crippen molar-refractivity contribution in [2.75, 3.05) is 13.1 Å². The average Bonchev–Trinajstić information content (AvgIpc) is 3.01. The van der Waals surface area contributed by atoms with Gasteiger partial charge in [-0.05, 0) is 118 Å². The third-order valence-electron chi connectivity index (χ3n) is 9.75. The Labute approximate surface area is 258 Å². The zero-order chi connectivity index (χ0) is 32.6. The minimum Gasteiger partial charge on any atom is -0.346 e. The Morgan fingerprint density at radius 2 is 1.27 bits per heavy atom. The second-order valence-corrected chi connectivity index (χ2v) is 12.9. The standard InChI is InChI=1S/C35H37F7N2O/c1-32(2,26-20-27(34(37,38)39)22-28(21-26)35(40,41)42)31(45)43-33(25-6-4-3-5-7-25)16-12-30(13-17-33)44-18-14-24(15-19-44)23-8-10-29(36)11-9-23/h3-11,20-22,24,30H,12-19H2,1-2H3,(H,43,45). The summed E-state index contributed by atoms with van der Waals surface area (Å²) < 4.78 is 95.0. The lowest BCUT2D eigenvalue weighted by atomic mass is 9.72. The van der Waals surface area contributed by atoms with Crippen LogP contribution in [0.1, 0.15) is 86.1 Å². The molecule has 10 heteroatoms. The quantitative estimate of drug-likeness (QED) is 0.275. The lowest BCUT2D eigenvalue weighted by Gasteiger charge is -2.47. The van der Waals surface area contributed by atoms with E-state index < -0.39 is 40.3 Å². The van der Waals surface area contributed by atoms with Crippen LogP contribution >= 0.6 is 0 Å². The average molecular weight is 635 g/mol. The van der Waals surface area contributed by atoms with Gasteiger partial charge in [0.05, 0.1) is 22.1 Å². The van der Waals surface area contributed by atoms with Crippen molar-refractivity contribution in [3.8, 4) is 0 Å². The summed E-state index contributed by atoms with van der Waals surface area (Å²) in [7, 11) is 0. The number of halogens is 7. The molecule has 3 aromatic rings. The number of rotatable bonds is 6. The third kappa shape index (κ3) is 7.21. The highest BCUT2D eigenvalue weighted by Gasteiger charge is 2.45. The summed E-state index contributed by atoms with van der Waals surface area (Å²) in [5.41, 5.74) is -3.79. The molecule has 1 saturated heterocycles. The molecule has 242 valence electrons. The molecule has 0 aromatic heterocycles. The normalized spacial score (nSPS) is 22.3. The van der Waals surface area contributed by atoms with Gasteiger partial charge >= 0.3 is 12.4 Å². The lowest BCUT2D eigenvalue weighted by Crippen LogP contribution is -2.55. The van der Waals surface area contributed by atoms with Gasteiger partial charge in [-0.15, -0.1) is 0 Å². The van der Waals surface area contributed by atoms with E-state index in [1.807, 2.05) is 42.5 Å². The first-order valence-electron chi connectivity index (χ1n) is 15.3. The van der Waals surface area contributed by atoms with E-state index in [4.69, 9.17) is 0 Å². The van der Waals surface area contributed by atoms with Crippen molar-refractivity contribution in [2.45, 2.75) is 87.6 Å². The van der Waals surface area contributed by atoms with Gasteiger partial charge < -0.3 is 10.2 Å². The van der Waals surface area contributed by atoms with Gasteiger partial charge in [0.15, 0.2) is 0 Å². The van der Waals surface area contributed by atoms with Crippen LogP contribution in [0.5, 0.6) is 0 Å². The van der Waals surface area contributed by atoms with E-state index in [1.54, 1.807) is 0 Å². The summed E-state index contributed by atoms with van der Waals surface area (Å²) in [6, 6.07) is 17.6. The number of likely N-dealkylation sites (tertiary alicyclic amines) is 1. The van der Waals surface area contributed by atoms with Crippen molar-refractivity contribution in [3.63, 3.8) is 0 Å². The fourth-order valence-corrected chi connectivity index (χ4v) is 6.86. The van der Waals surface area contributed by atoms with Crippen molar-refractivity contribution in [1.82, 2.24) is 10.2 Å². The van der Waals surface area contributed by atoms with Gasteiger partial charge in [0, 0.05) is 6.04 Å². The van der Waals surface area contributed by atoms with Crippen LogP contribution in [0.25, 0.3) is 0 Å². The molecule has 0 bridgehead atoms. The van der Waals surface area contributed by atoms with Crippen molar-refractivity contribution >= 4 is 5.91 Å². The summed E-state index contributed by atoms with van der Waals surface area (Å²) in [5.74, 6) is -0.530. The number of amides is 1. The number of nitrogens with one attached hydrogen (secondary N) is 1. The predicted molar refractivity (Wildman–Crippen MR) is 158 cm³/mol. The maximum atomic E-state index is 13.9. The van der Waals surface area contributed by atoms with Crippen molar-refractivity contribution in [1.29, 1.82) is 0 Å². The number of carbonyl (C=O) groups is 1. The van der Waals surface area contributed by atoms with Crippen molar-refractivity contribution in [2.24, 2.45) is 0 Å². The number of nitrogens with zero attached hydrogens (tertiary/aromatic N) is 1. The molecule has 0 atom stereocenters. The molecule has 0 radical (unpaired) electrons. The second kappa shape index (κ2) is 12.4. The molecule has 2 aliphatic rings. The fourth-order valence-electron chi connectivity index (χ4n) is 6.86. The van der Waals surface area contributed by atoms with Gasteiger partial charge in [0.1, 0.15) is 5.82 Å². The molecule has 3 nitrogen and oxygen atoms in total. The van der Waals surface area contributed by atoms with Gasteiger partial charge in [-0.25, -0.2) is 4.39 Å². The molecule has 1 N–H and O–H groups in total. The Balaban J connectivity index is 1.34. The number of piperidine rings is 1. The molecule has 1 amide bonds. The Morgan fingerprint density at radius 3 is 1.78 bits per heavy atom. The van der Waals surface area contributed by atoms with E-state index in [9.17, 15) is 35.5 Å². The van der Waals surface area contributed by atoms with E-state index in [1.165, 1.54) is 26.0 Å². The molecule has 45 heavy (non-hydrogen) atoms. The van der Waals surface area contributed by atoms with Crippen LogP contribution in [0.3, 0.4) is 0 Å². The van der Waals surface area contributed by atoms with Gasteiger partial charge in [0.2, 0.25) is 5.91 Å². The van der Waals surface area contributed by atoms with Crippen LogP contribution in [-0.4, -0.2) is 29.9 Å². The van der Waals surface area contributed by atoms with E-state index in [0.717, 1.165) is 49.9 Å². The van der Waals surface area contributed by atoms with Crippen LogP contribution in [0.15, 0.2) is 72.8 Å². The van der Waals surface area contributed by atoms with Crippen molar-refractivity contribution in [3.05, 3.63) is 106 Å². The van der Waals surface area contributed by atoms with Crippen LogP contribution in [0.4, 0.5) is 30.7 Å². The first-order chi connectivity index (χ1) is 21.1. The summed E-state index contributed by atoms with van der Waals surface area (Å²) in [5, 5.41) is 3.11. The summed E-state index contributed by atoms with van der Waals surface area (Å²) >= 11 is 0. The Hall–Kier alpha value is -3.40. The first-order valence-corrected chi connectivity index (χ1v) is 15.3. The molecule has 1 aliphatic heterocycles. The highest BCUT2D eigenvalue weighted by atomic mass is 19.4. The summed E-state index contributed by atoms with van der Waals surface area (Å²) in [6.07, 6.45) is -5.46. The Morgan fingerprint density at radius 1 is 0.756 bits per heavy atom. The molecule has 1 saturated carbocycles. The molecular weight excluding hydrogens is 597 g/mol. The topological polar surface area (TPSA) is 32.3 Å². The second-order valence-electron chi connectivity index (χ2n) is 12.9. The molecule has 0 spiro atoms. The SMILES string of the molecule is CC(C)(C(=O)NC1(c2ccccc2)CCC(N2CCC(c3ccc(F)cc3)CC2)CC1)c1cc(C(F)(F)F)cc(C(F)(F)F)c1. The van der Waals surface area contributed by atoms with Gasteiger partial charge in [-0.3, -0.25) is 4.79 Å². The number of hydrogen-bond acceptors (Lipinski definition) is 2. The third-order valence-corrected chi connectivity index (χ3v) is 9.75. The lowest BCUT2D eigenvalue weighted by molar-refractivity contribution is -0.143. The smallest absolute Gasteiger partial charge is 0.346 e. The largest absolute Gasteiger partial charge is 0.416 e. The number of carbonyl (C=O) groups excluding carboxylic acids is 1. The zero-order valence-corrected chi connectivity index (χ0v) is 25.2. The van der Waals surface area contributed by atoms with E-state index in [0.29, 0.717) is 30.9 Å². The van der Waals surface area contributed by atoms with Gasteiger partial charge in [-0.1, -0.05) is 42.5 Å². The number of hydrogen-bond donors (Lipinski definition) is 1. The highest BCUT2D eigenvalue weighted by molar-refractivity contribution is 5.88. The van der Waals surface area contributed by atoms with Gasteiger partial charge in [0.25, 0.3) is 0 Å². The van der Waals surface area contributed by atoms with E-state index in [2.05, 4.69) is 10.2 Å². The predicted octanol–water partition coefficient (Wildman–Crippen LogP) is 8.97. The molecular formula is C35H37F7N2O. The molecule has 3 aromatic carbocycles. The summed E-state index contributed by atoms with van der Waals surface area (Å²) in [4.78, 5) is 16.4. The molecule has 1 aliphatic carbocycles.